The summed E-state index contributed by atoms with van der Waals surface area (Å²) in [5.74, 6) is -0.498. The van der Waals surface area contributed by atoms with Crippen molar-refractivity contribution in [1.82, 2.24) is 15.1 Å². The number of benzene rings is 2. The number of carbonyl (C=O) groups excluding carboxylic acids is 2. The number of nitrogens with one attached hydrogen (secondary N) is 2. The molecule has 2 aromatic carbocycles. The maximum atomic E-state index is 13.0. The third kappa shape index (κ3) is 4.35. The third-order valence-corrected chi connectivity index (χ3v) is 5.74. The number of aryl methyl sites for hydroxylation is 1. The average Bonchev–Trinajstić information content (AvgIpc) is 3.35. The van der Waals surface area contributed by atoms with E-state index in [1.165, 1.54) is 5.56 Å². The van der Waals surface area contributed by atoms with Gasteiger partial charge in [0, 0.05) is 23.5 Å². The molecule has 0 aliphatic heterocycles. The second-order valence-electron chi connectivity index (χ2n) is 7.78. The van der Waals surface area contributed by atoms with Gasteiger partial charge in [0.25, 0.3) is 11.8 Å². The Morgan fingerprint density at radius 3 is 2.58 bits per heavy atom. The van der Waals surface area contributed by atoms with Gasteiger partial charge in [-0.15, -0.1) is 0 Å². The van der Waals surface area contributed by atoms with Crippen LogP contribution in [0.1, 0.15) is 57.4 Å². The summed E-state index contributed by atoms with van der Waals surface area (Å²) in [5.41, 5.74) is 5.57. The predicted octanol–water partition coefficient (Wildman–Crippen LogP) is 4.71. The molecule has 7 heteroatoms. The van der Waals surface area contributed by atoms with Gasteiger partial charge < -0.3 is 10.6 Å². The lowest BCUT2D eigenvalue weighted by molar-refractivity contribution is 0.0953. The molecule has 1 aromatic heterocycles. The fourth-order valence-electron chi connectivity index (χ4n) is 3.82. The quantitative estimate of drug-likeness (QED) is 0.587. The lowest BCUT2D eigenvalue weighted by Gasteiger charge is -2.09. The van der Waals surface area contributed by atoms with Crippen molar-refractivity contribution in [3.8, 4) is 5.69 Å². The van der Waals surface area contributed by atoms with E-state index < -0.39 is 0 Å². The van der Waals surface area contributed by atoms with Gasteiger partial charge >= 0.3 is 0 Å². The van der Waals surface area contributed by atoms with Crippen LogP contribution in [0, 0.1) is 6.92 Å². The summed E-state index contributed by atoms with van der Waals surface area (Å²) in [6, 6.07) is 13.0. The molecule has 4 rings (SSSR count). The van der Waals surface area contributed by atoms with Crippen LogP contribution >= 0.6 is 11.6 Å². The maximum Gasteiger partial charge on any atom is 0.276 e. The van der Waals surface area contributed by atoms with Crippen LogP contribution in [0.15, 0.2) is 42.5 Å². The van der Waals surface area contributed by atoms with Gasteiger partial charge in [0.1, 0.15) is 0 Å². The molecular formula is C24H25ClN4O2. The number of anilines is 1. The van der Waals surface area contributed by atoms with E-state index in [2.05, 4.69) is 15.7 Å². The Balaban J connectivity index is 1.57. The largest absolute Gasteiger partial charge is 0.352 e. The molecule has 0 fully saturated rings. The Morgan fingerprint density at radius 2 is 1.87 bits per heavy atom. The Hall–Kier alpha value is -3.12. The molecule has 1 aliphatic carbocycles. The standard InChI is InChI=1S/C24H25ClN4O2/c1-3-13-26-23(30)18-12-9-16(14-20(18)25)27-24(31)22-19-5-4-6-21(19)29(28-22)17-10-7-15(2)8-11-17/h7-12,14H,3-6,13H2,1-2H3,(H,26,30)(H,27,31). The van der Waals surface area contributed by atoms with Crippen LogP contribution in [0.3, 0.4) is 0 Å². The zero-order valence-corrected chi connectivity index (χ0v) is 18.4. The normalized spacial score (nSPS) is 12.5. The van der Waals surface area contributed by atoms with E-state index in [1.54, 1.807) is 18.2 Å². The maximum absolute atomic E-state index is 13.0. The number of hydrogen-bond donors (Lipinski definition) is 2. The second-order valence-corrected chi connectivity index (χ2v) is 8.19. The molecule has 0 saturated heterocycles. The van der Waals surface area contributed by atoms with E-state index in [1.807, 2.05) is 42.8 Å². The predicted molar refractivity (Wildman–Crippen MR) is 122 cm³/mol. The molecule has 0 saturated carbocycles. The van der Waals surface area contributed by atoms with Crippen molar-refractivity contribution in [3.63, 3.8) is 0 Å². The first-order valence-corrected chi connectivity index (χ1v) is 10.9. The smallest absolute Gasteiger partial charge is 0.276 e. The summed E-state index contributed by atoms with van der Waals surface area (Å²) >= 11 is 6.29. The number of fused-ring (bicyclic) bond motifs is 1. The zero-order chi connectivity index (χ0) is 22.0. The molecule has 3 aromatic rings. The van der Waals surface area contributed by atoms with E-state index in [9.17, 15) is 9.59 Å². The minimum Gasteiger partial charge on any atom is -0.352 e. The monoisotopic (exact) mass is 436 g/mol. The summed E-state index contributed by atoms with van der Waals surface area (Å²) in [6.07, 6.45) is 3.59. The molecule has 0 bridgehead atoms. The van der Waals surface area contributed by atoms with E-state index in [-0.39, 0.29) is 11.8 Å². The number of hydrogen-bond acceptors (Lipinski definition) is 3. The van der Waals surface area contributed by atoms with Gasteiger partial charge in [0.15, 0.2) is 5.69 Å². The van der Waals surface area contributed by atoms with Gasteiger partial charge in [-0.05, 0) is 62.9 Å². The topological polar surface area (TPSA) is 76.0 Å². The summed E-state index contributed by atoms with van der Waals surface area (Å²) in [5, 5.41) is 10.6. The van der Waals surface area contributed by atoms with Crippen molar-refractivity contribution in [2.75, 3.05) is 11.9 Å². The Kier molecular flexibility index (Phi) is 6.09. The van der Waals surface area contributed by atoms with E-state index in [0.717, 1.165) is 42.6 Å². The van der Waals surface area contributed by atoms with Gasteiger partial charge in [-0.3, -0.25) is 9.59 Å². The van der Waals surface area contributed by atoms with Crippen molar-refractivity contribution in [1.29, 1.82) is 0 Å². The van der Waals surface area contributed by atoms with Gasteiger partial charge in [0.05, 0.1) is 16.3 Å². The highest BCUT2D eigenvalue weighted by molar-refractivity contribution is 6.34. The van der Waals surface area contributed by atoms with E-state index in [0.29, 0.717) is 28.5 Å². The van der Waals surface area contributed by atoms with Crippen molar-refractivity contribution in [3.05, 3.63) is 75.6 Å². The van der Waals surface area contributed by atoms with Crippen molar-refractivity contribution in [2.24, 2.45) is 0 Å². The van der Waals surface area contributed by atoms with Crippen LogP contribution in [0.2, 0.25) is 5.02 Å². The minimum absolute atomic E-state index is 0.223. The number of amides is 2. The minimum atomic E-state index is -0.275. The van der Waals surface area contributed by atoms with Crippen LogP contribution in [0.4, 0.5) is 5.69 Å². The molecule has 1 heterocycles. The molecule has 0 atom stereocenters. The molecule has 2 amide bonds. The van der Waals surface area contributed by atoms with E-state index in [4.69, 9.17) is 11.6 Å². The van der Waals surface area contributed by atoms with Gasteiger partial charge in [0.2, 0.25) is 0 Å². The number of rotatable bonds is 6. The van der Waals surface area contributed by atoms with Crippen LogP contribution in [-0.2, 0) is 12.8 Å². The molecule has 160 valence electrons. The van der Waals surface area contributed by atoms with Crippen molar-refractivity contribution >= 4 is 29.1 Å². The van der Waals surface area contributed by atoms with Gasteiger partial charge in [-0.25, -0.2) is 4.68 Å². The SMILES string of the molecule is CCCNC(=O)c1ccc(NC(=O)c2nn(-c3ccc(C)cc3)c3c2CCC3)cc1Cl. The third-order valence-electron chi connectivity index (χ3n) is 5.43. The average molecular weight is 437 g/mol. The number of halogens is 1. The first-order valence-electron chi connectivity index (χ1n) is 10.5. The summed E-state index contributed by atoms with van der Waals surface area (Å²) in [7, 11) is 0. The Bertz CT molecular complexity index is 1140. The highest BCUT2D eigenvalue weighted by Gasteiger charge is 2.27. The highest BCUT2D eigenvalue weighted by atomic mass is 35.5. The molecule has 6 nitrogen and oxygen atoms in total. The fourth-order valence-corrected chi connectivity index (χ4v) is 4.09. The summed E-state index contributed by atoms with van der Waals surface area (Å²) in [4.78, 5) is 25.2. The second kappa shape index (κ2) is 8.94. The first-order chi connectivity index (χ1) is 15.0. The van der Waals surface area contributed by atoms with Crippen LogP contribution in [0.5, 0.6) is 0 Å². The highest BCUT2D eigenvalue weighted by Crippen LogP contribution is 2.29. The van der Waals surface area contributed by atoms with Gasteiger partial charge in [-0.2, -0.15) is 5.10 Å². The van der Waals surface area contributed by atoms with Crippen molar-refractivity contribution in [2.45, 2.75) is 39.5 Å². The summed E-state index contributed by atoms with van der Waals surface area (Å²) < 4.78 is 1.88. The molecule has 0 spiro atoms. The lowest BCUT2D eigenvalue weighted by Crippen LogP contribution is -2.24. The molecule has 1 aliphatic rings. The molecule has 0 unspecified atom stereocenters. The van der Waals surface area contributed by atoms with Crippen molar-refractivity contribution < 1.29 is 9.59 Å². The molecular weight excluding hydrogens is 412 g/mol. The Labute approximate surface area is 186 Å². The number of aromatic nitrogens is 2. The molecule has 0 radical (unpaired) electrons. The lowest BCUT2D eigenvalue weighted by atomic mass is 10.1. The Morgan fingerprint density at radius 1 is 1.10 bits per heavy atom. The van der Waals surface area contributed by atoms with E-state index >= 15 is 0 Å². The van der Waals surface area contributed by atoms with Crippen LogP contribution in [0.25, 0.3) is 5.69 Å². The van der Waals surface area contributed by atoms with Gasteiger partial charge in [-0.1, -0.05) is 36.2 Å². The number of nitrogens with zero attached hydrogens (tertiary/aromatic N) is 2. The molecule has 31 heavy (non-hydrogen) atoms. The van der Waals surface area contributed by atoms with Crippen LogP contribution in [-0.4, -0.2) is 28.1 Å². The zero-order valence-electron chi connectivity index (χ0n) is 17.7. The molecule has 2 N–H and O–H groups in total. The van der Waals surface area contributed by atoms with Crippen LogP contribution < -0.4 is 10.6 Å². The fraction of sp³-hybridized carbons (Fsp3) is 0.292. The number of carbonyl (C=O) groups is 2. The first kappa shape index (κ1) is 21.1. The summed E-state index contributed by atoms with van der Waals surface area (Å²) in [6.45, 7) is 4.61.